The topological polar surface area (TPSA) is 102 Å². The van der Waals surface area contributed by atoms with Crippen molar-refractivity contribution in [1.82, 2.24) is 0 Å². The Kier molecular flexibility index (Phi) is 7.57. The summed E-state index contributed by atoms with van der Waals surface area (Å²) < 4.78 is 29.6. The van der Waals surface area contributed by atoms with Crippen molar-refractivity contribution in [2.24, 2.45) is 0 Å². The molecule has 0 radical (unpaired) electrons. The van der Waals surface area contributed by atoms with Crippen LogP contribution in [0.2, 0.25) is 0 Å². The van der Waals surface area contributed by atoms with Crippen LogP contribution >= 0.6 is 0 Å². The third kappa shape index (κ3) is 7.03. The van der Waals surface area contributed by atoms with Gasteiger partial charge < -0.3 is 15.4 Å². The zero-order chi connectivity index (χ0) is 20.6. The van der Waals surface area contributed by atoms with Crippen LogP contribution in [0.1, 0.15) is 18.9 Å². The first-order chi connectivity index (χ1) is 13.3. The van der Waals surface area contributed by atoms with E-state index < -0.39 is 21.5 Å². The van der Waals surface area contributed by atoms with Crippen molar-refractivity contribution in [3.63, 3.8) is 0 Å². The van der Waals surface area contributed by atoms with Gasteiger partial charge >= 0.3 is 0 Å². The molecule has 0 aliphatic heterocycles. The molecule has 7 nitrogen and oxygen atoms in total. The third-order valence-electron chi connectivity index (χ3n) is 3.93. The molecular formula is C20H24N2O5S. The SMILES string of the molecule is COc1ccc(NC(C)=O)c(NC(=O)CS(=O)(=O)CCCc2ccccc2)c1. The van der Waals surface area contributed by atoms with Crippen molar-refractivity contribution in [2.45, 2.75) is 19.8 Å². The molecule has 0 heterocycles. The van der Waals surface area contributed by atoms with Crippen LogP contribution in [0.15, 0.2) is 48.5 Å². The number of nitrogens with one attached hydrogen (secondary N) is 2. The minimum Gasteiger partial charge on any atom is -0.497 e. The zero-order valence-electron chi connectivity index (χ0n) is 15.9. The largest absolute Gasteiger partial charge is 0.497 e. The van der Waals surface area contributed by atoms with Gasteiger partial charge in [0.1, 0.15) is 11.5 Å². The van der Waals surface area contributed by atoms with Crippen molar-refractivity contribution in [2.75, 3.05) is 29.2 Å². The number of aryl methyl sites for hydroxylation is 1. The first-order valence-electron chi connectivity index (χ1n) is 8.79. The van der Waals surface area contributed by atoms with Gasteiger partial charge in [0.25, 0.3) is 0 Å². The monoisotopic (exact) mass is 404 g/mol. The number of rotatable bonds is 9. The van der Waals surface area contributed by atoms with Gasteiger partial charge in [-0.05, 0) is 30.5 Å². The van der Waals surface area contributed by atoms with Crippen LogP contribution in [-0.2, 0) is 25.8 Å². The number of sulfone groups is 1. The fraction of sp³-hybridized carbons (Fsp3) is 0.300. The van der Waals surface area contributed by atoms with E-state index in [0.717, 1.165) is 5.56 Å². The van der Waals surface area contributed by atoms with Gasteiger partial charge in [0.05, 0.1) is 24.2 Å². The van der Waals surface area contributed by atoms with E-state index in [0.29, 0.717) is 24.3 Å². The molecule has 28 heavy (non-hydrogen) atoms. The zero-order valence-corrected chi connectivity index (χ0v) is 16.7. The Hall–Kier alpha value is -2.87. The van der Waals surface area contributed by atoms with E-state index >= 15 is 0 Å². The lowest BCUT2D eigenvalue weighted by atomic mass is 10.1. The lowest BCUT2D eigenvalue weighted by Crippen LogP contribution is -2.25. The van der Waals surface area contributed by atoms with Crippen molar-refractivity contribution in [3.05, 3.63) is 54.1 Å². The van der Waals surface area contributed by atoms with Crippen LogP contribution in [-0.4, -0.2) is 38.8 Å². The van der Waals surface area contributed by atoms with E-state index in [-0.39, 0.29) is 17.3 Å². The molecule has 0 aliphatic rings. The summed E-state index contributed by atoms with van der Waals surface area (Å²) in [6.45, 7) is 1.34. The number of carbonyl (C=O) groups excluding carboxylic acids is 2. The maximum atomic E-state index is 12.3. The second-order valence-electron chi connectivity index (χ2n) is 6.32. The number of methoxy groups -OCH3 is 1. The molecule has 0 saturated carbocycles. The van der Waals surface area contributed by atoms with Gasteiger partial charge in [-0.15, -0.1) is 0 Å². The molecule has 0 bridgehead atoms. The van der Waals surface area contributed by atoms with Crippen LogP contribution in [0.3, 0.4) is 0 Å². The van der Waals surface area contributed by atoms with Crippen LogP contribution < -0.4 is 15.4 Å². The average molecular weight is 404 g/mol. The van der Waals surface area contributed by atoms with Gasteiger partial charge in [-0.2, -0.15) is 0 Å². The molecule has 0 spiro atoms. The Morgan fingerprint density at radius 3 is 2.36 bits per heavy atom. The summed E-state index contributed by atoms with van der Waals surface area (Å²) in [6, 6.07) is 14.3. The van der Waals surface area contributed by atoms with E-state index in [9.17, 15) is 18.0 Å². The number of amides is 2. The van der Waals surface area contributed by atoms with Crippen LogP contribution in [0.5, 0.6) is 5.75 Å². The van der Waals surface area contributed by atoms with Crippen LogP contribution in [0.25, 0.3) is 0 Å². The van der Waals surface area contributed by atoms with E-state index in [2.05, 4.69) is 10.6 Å². The lowest BCUT2D eigenvalue weighted by molar-refractivity contribution is -0.115. The van der Waals surface area contributed by atoms with Crippen molar-refractivity contribution in [1.29, 1.82) is 0 Å². The van der Waals surface area contributed by atoms with Crippen LogP contribution in [0.4, 0.5) is 11.4 Å². The maximum Gasteiger partial charge on any atom is 0.239 e. The smallest absolute Gasteiger partial charge is 0.239 e. The van der Waals surface area contributed by atoms with Crippen molar-refractivity contribution in [3.8, 4) is 5.75 Å². The molecule has 8 heteroatoms. The Morgan fingerprint density at radius 1 is 1.00 bits per heavy atom. The standard InChI is InChI=1S/C20H24N2O5S/c1-15(23)21-18-11-10-17(27-2)13-19(18)22-20(24)14-28(25,26)12-6-9-16-7-4-3-5-8-16/h3-5,7-8,10-11,13H,6,9,12,14H2,1-2H3,(H,21,23)(H,22,24). The highest BCUT2D eigenvalue weighted by atomic mass is 32.2. The molecule has 0 unspecified atom stereocenters. The Balaban J connectivity index is 1.97. The first-order valence-corrected chi connectivity index (χ1v) is 10.6. The minimum atomic E-state index is -3.55. The van der Waals surface area contributed by atoms with Gasteiger partial charge in [-0.3, -0.25) is 9.59 Å². The number of anilines is 2. The van der Waals surface area contributed by atoms with E-state index in [4.69, 9.17) is 4.74 Å². The Bertz CT molecular complexity index is 927. The molecule has 2 amide bonds. The minimum absolute atomic E-state index is 0.0774. The van der Waals surface area contributed by atoms with Gasteiger partial charge in [-0.1, -0.05) is 30.3 Å². The van der Waals surface area contributed by atoms with Gasteiger partial charge in [0, 0.05) is 13.0 Å². The van der Waals surface area contributed by atoms with Gasteiger partial charge in [0.15, 0.2) is 9.84 Å². The lowest BCUT2D eigenvalue weighted by Gasteiger charge is -2.13. The van der Waals surface area contributed by atoms with Gasteiger partial charge in [-0.25, -0.2) is 8.42 Å². The number of benzene rings is 2. The quantitative estimate of drug-likeness (QED) is 0.669. The first kappa shape index (κ1) is 21.4. The molecule has 0 atom stereocenters. The van der Waals surface area contributed by atoms with E-state index in [1.807, 2.05) is 30.3 Å². The highest BCUT2D eigenvalue weighted by molar-refractivity contribution is 7.92. The second kappa shape index (κ2) is 9.89. The van der Waals surface area contributed by atoms with Crippen molar-refractivity contribution < 1.29 is 22.7 Å². The summed E-state index contributed by atoms with van der Waals surface area (Å²) in [7, 11) is -2.08. The fourth-order valence-electron chi connectivity index (χ4n) is 2.65. The van der Waals surface area contributed by atoms with Gasteiger partial charge in [0.2, 0.25) is 11.8 Å². The predicted octanol–water partition coefficient (Wildman–Crippen LogP) is 2.64. The third-order valence-corrected chi connectivity index (χ3v) is 5.54. The molecule has 150 valence electrons. The molecule has 2 aromatic carbocycles. The van der Waals surface area contributed by atoms with E-state index in [1.165, 1.54) is 20.1 Å². The molecule has 0 aliphatic carbocycles. The summed E-state index contributed by atoms with van der Waals surface area (Å²) in [5.41, 5.74) is 1.70. The highest BCUT2D eigenvalue weighted by Crippen LogP contribution is 2.27. The maximum absolute atomic E-state index is 12.3. The fourth-order valence-corrected chi connectivity index (χ4v) is 3.85. The average Bonchev–Trinajstić information content (AvgIpc) is 2.63. The second-order valence-corrected chi connectivity index (χ2v) is 8.51. The number of hydrogen-bond acceptors (Lipinski definition) is 5. The summed E-state index contributed by atoms with van der Waals surface area (Å²) >= 11 is 0. The number of ether oxygens (including phenoxy) is 1. The summed E-state index contributed by atoms with van der Waals surface area (Å²) in [5, 5.41) is 5.13. The predicted molar refractivity (Wildman–Crippen MR) is 109 cm³/mol. The van der Waals surface area contributed by atoms with Crippen LogP contribution in [0, 0.1) is 0 Å². The molecule has 2 rings (SSSR count). The Morgan fingerprint density at radius 2 is 1.71 bits per heavy atom. The summed E-state index contributed by atoms with van der Waals surface area (Å²) in [4.78, 5) is 23.6. The molecular weight excluding hydrogens is 380 g/mol. The molecule has 0 fully saturated rings. The van der Waals surface area contributed by atoms with Crippen molar-refractivity contribution >= 4 is 33.0 Å². The molecule has 0 saturated heterocycles. The normalized spacial score (nSPS) is 10.9. The number of hydrogen-bond donors (Lipinski definition) is 2. The molecule has 2 aromatic rings. The Labute approximate surface area is 165 Å². The summed E-state index contributed by atoms with van der Waals surface area (Å²) in [6.07, 6.45) is 1.07. The summed E-state index contributed by atoms with van der Waals surface area (Å²) in [5.74, 6) is -1.21. The highest BCUT2D eigenvalue weighted by Gasteiger charge is 2.18. The molecule has 2 N–H and O–H groups in total. The van der Waals surface area contributed by atoms with E-state index in [1.54, 1.807) is 12.1 Å². The number of carbonyl (C=O) groups is 2. The molecule has 0 aromatic heterocycles.